The van der Waals surface area contributed by atoms with E-state index in [0.29, 0.717) is 23.4 Å². The minimum atomic E-state index is -1.74. The van der Waals surface area contributed by atoms with Crippen molar-refractivity contribution in [2.75, 3.05) is 44.4 Å². The van der Waals surface area contributed by atoms with Crippen LogP contribution in [0, 0.1) is 5.92 Å². The van der Waals surface area contributed by atoms with E-state index in [0.717, 1.165) is 0 Å². The number of hydrogen-bond acceptors (Lipinski definition) is 7. The minimum Gasteiger partial charge on any atom is -0.381 e. The monoisotopic (exact) mass is 714 g/mol. The number of amides is 8. The molecule has 1 aliphatic heterocycles. The molecule has 1 heterocycles. The van der Waals surface area contributed by atoms with E-state index in [4.69, 9.17) is 0 Å². The molecule has 1 aliphatic rings. The lowest BCUT2D eigenvalue weighted by atomic mass is 9.99. The number of benzene rings is 3. The van der Waals surface area contributed by atoms with E-state index in [2.05, 4.69) is 31.9 Å². The molecule has 15 heteroatoms. The molecule has 15 nitrogen and oxygen atoms in total. The van der Waals surface area contributed by atoms with Crippen molar-refractivity contribution >= 4 is 47.1 Å². The molecule has 3 aromatic carbocycles. The first-order valence-corrected chi connectivity index (χ1v) is 17.0. The summed E-state index contributed by atoms with van der Waals surface area (Å²) in [6, 6.07) is 22.2. The zero-order chi connectivity index (χ0) is 37.6. The Balaban J connectivity index is 1.41. The molecule has 3 aromatic rings. The van der Waals surface area contributed by atoms with Gasteiger partial charge in [0.25, 0.3) is 5.91 Å². The molecule has 4 rings (SSSR count). The van der Waals surface area contributed by atoms with E-state index in [1.54, 1.807) is 99.0 Å². The molecule has 1 saturated heterocycles. The van der Waals surface area contributed by atoms with Crippen LogP contribution in [0.15, 0.2) is 91.0 Å². The van der Waals surface area contributed by atoms with Crippen molar-refractivity contribution in [3.8, 4) is 0 Å². The maximum absolute atomic E-state index is 13.8. The smallest absolute Gasteiger partial charge is 0.321 e. The second-order valence-corrected chi connectivity index (χ2v) is 12.6. The van der Waals surface area contributed by atoms with Crippen LogP contribution in [0.25, 0.3) is 0 Å². The van der Waals surface area contributed by atoms with Gasteiger partial charge in [0, 0.05) is 38.6 Å². The fourth-order valence-electron chi connectivity index (χ4n) is 5.73. The summed E-state index contributed by atoms with van der Waals surface area (Å²) in [4.78, 5) is 81.4. The average molecular weight is 715 g/mol. The zero-order valence-corrected chi connectivity index (χ0v) is 29.4. The fraction of sp³-hybridized carbons (Fsp3) is 0.351. The molecule has 0 saturated carbocycles. The molecule has 7 N–H and O–H groups in total. The van der Waals surface area contributed by atoms with E-state index >= 15 is 0 Å². The van der Waals surface area contributed by atoms with Gasteiger partial charge >= 0.3 is 12.1 Å². The highest BCUT2D eigenvalue weighted by Gasteiger charge is 2.42. The van der Waals surface area contributed by atoms with Gasteiger partial charge in [-0.05, 0) is 36.2 Å². The number of nitrogens with zero attached hydrogens (tertiary/aromatic N) is 2. The van der Waals surface area contributed by atoms with Crippen molar-refractivity contribution < 1.29 is 33.9 Å². The molecule has 0 radical (unpaired) electrons. The largest absolute Gasteiger partial charge is 0.381 e. The number of likely N-dealkylation sites (tertiary alicyclic amines) is 1. The SMILES string of the molecule is CCC[C@H](NC(=O)[C@@H]1CN(C(=O)Nc2ccccc2)C[C@@H]1NC(=O)Nc1ccccc1)C(O)C(=O)NCC(=O)NC(C(=O)N(C)C)c1ccccc1. The molecule has 0 aliphatic carbocycles. The predicted molar refractivity (Wildman–Crippen MR) is 195 cm³/mol. The van der Waals surface area contributed by atoms with Gasteiger partial charge < -0.3 is 46.8 Å². The molecule has 8 amide bonds. The van der Waals surface area contributed by atoms with Crippen LogP contribution in [0.2, 0.25) is 0 Å². The number of hydrogen-bond donors (Lipinski definition) is 7. The Morgan fingerprint density at radius 2 is 1.38 bits per heavy atom. The molecule has 5 atom stereocenters. The van der Waals surface area contributed by atoms with Crippen LogP contribution < -0.4 is 31.9 Å². The predicted octanol–water partition coefficient (Wildman–Crippen LogP) is 2.05. The summed E-state index contributed by atoms with van der Waals surface area (Å²) in [6.45, 7) is 1.22. The van der Waals surface area contributed by atoms with Crippen molar-refractivity contribution in [1.82, 2.24) is 31.1 Å². The van der Waals surface area contributed by atoms with E-state index in [9.17, 15) is 33.9 Å². The Labute approximate surface area is 302 Å². The lowest BCUT2D eigenvalue weighted by Crippen LogP contribution is -2.55. The van der Waals surface area contributed by atoms with E-state index in [1.165, 1.54) is 9.80 Å². The van der Waals surface area contributed by atoms with Crippen LogP contribution in [0.5, 0.6) is 0 Å². The van der Waals surface area contributed by atoms with Crippen molar-refractivity contribution in [3.63, 3.8) is 0 Å². The number of aliphatic hydroxyl groups is 1. The number of urea groups is 2. The van der Waals surface area contributed by atoms with Crippen molar-refractivity contribution in [2.45, 2.75) is 44.0 Å². The molecule has 2 unspecified atom stereocenters. The first-order chi connectivity index (χ1) is 25.0. The Kier molecular flexibility index (Phi) is 14.1. The highest BCUT2D eigenvalue weighted by Crippen LogP contribution is 2.21. The average Bonchev–Trinajstić information content (AvgIpc) is 3.57. The van der Waals surface area contributed by atoms with Crippen LogP contribution in [0.1, 0.15) is 31.4 Å². The highest BCUT2D eigenvalue weighted by molar-refractivity contribution is 5.94. The van der Waals surface area contributed by atoms with Gasteiger partial charge in [-0.25, -0.2) is 9.59 Å². The van der Waals surface area contributed by atoms with Gasteiger partial charge in [0.15, 0.2) is 6.10 Å². The Morgan fingerprint density at radius 3 is 1.96 bits per heavy atom. The molecule has 0 spiro atoms. The maximum atomic E-state index is 13.8. The summed E-state index contributed by atoms with van der Waals surface area (Å²) in [5.41, 5.74) is 1.64. The molecule has 52 heavy (non-hydrogen) atoms. The second-order valence-electron chi connectivity index (χ2n) is 12.6. The number of carbonyl (C=O) groups excluding carboxylic acids is 6. The Bertz CT molecular complexity index is 1680. The number of carbonyl (C=O) groups is 6. The van der Waals surface area contributed by atoms with Gasteiger partial charge in [-0.3, -0.25) is 19.2 Å². The third kappa shape index (κ3) is 11.0. The lowest BCUT2D eigenvalue weighted by molar-refractivity contribution is -0.136. The summed E-state index contributed by atoms with van der Waals surface area (Å²) in [5.74, 6) is -3.46. The summed E-state index contributed by atoms with van der Waals surface area (Å²) in [5, 5.41) is 27.1. The van der Waals surface area contributed by atoms with Gasteiger partial charge in [-0.1, -0.05) is 80.1 Å². The second kappa shape index (κ2) is 18.9. The number of likely N-dealkylation sites (N-methyl/N-ethyl adjacent to an activating group) is 1. The first kappa shape index (κ1) is 38.8. The molecule has 1 fully saturated rings. The third-order valence-corrected chi connectivity index (χ3v) is 8.44. The van der Waals surface area contributed by atoms with Gasteiger partial charge in [0.1, 0.15) is 6.04 Å². The molecule has 276 valence electrons. The van der Waals surface area contributed by atoms with Gasteiger partial charge in [0.05, 0.1) is 24.5 Å². The summed E-state index contributed by atoms with van der Waals surface area (Å²) in [7, 11) is 3.12. The van der Waals surface area contributed by atoms with Crippen LogP contribution >= 0.6 is 0 Å². The fourth-order valence-corrected chi connectivity index (χ4v) is 5.73. The maximum Gasteiger partial charge on any atom is 0.321 e. The minimum absolute atomic E-state index is 0.00978. The Morgan fingerprint density at radius 1 is 0.808 bits per heavy atom. The Hall–Kier alpha value is -5.96. The van der Waals surface area contributed by atoms with Crippen LogP contribution in [0.3, 0.4) is 0 Å². The summed E-state index contributed by atoms with van der Waals surface area (Å²) >= 11 is 0. The number of anilines is 2. The van der Waals surface area contributed by atoms with E-state index in [1.807, 2.05) is 13.0 Å². The van der Waals surface area contributed by atoms with Gasteiger partial charge in [-0.15, -0.1) is 0 Å². The first-order valence-electron chi connectivity index (χ1n) is 17.0. The number of nitrogens with one attached hydrogen (secondary N) is 6. The van der Waals surface area contributed by atoms with Crippen LogP contribution in [-0.4, -0.2) is 103 Å². The number of aliphatic hydroxyl groups excluding tert-OH is 1. The number of para-hydroxylation sites is 2. The summed E-state index contributed by atoms with van der Waals surface area (Å²) in [6.07, 6.45) is -1.05. The highest BCUT2D eigenvalue weighted by atomic mass is 16.3. The van der Waals surface area contributed by atoms with Gasteiger partial charge in [0.2, 0.25) is 17.7 Å². The molecular formula is C37H46N8O7. The van der Waals surface area contributed by atoms with Crippen molar-refractivity contribution in [3.05, 3.63) is 96.6 Å². The normalized spacial score (nSPS) is 16.7. The lowest BCUT2D eigenvalue weighted by Gasteiger charge is -2.26. The molecule has 0 aromatic heterocycles. The molecule has 0 bridgehead atoms. The van der Waals surface area contributed by atoms with E-state index in [-0.39, 0.29) is 25.4 Å². The topological polar surface area (TPSA) is 201 Å². The van der Waals surface area contributed by atoms with Crippen molar-refractivity contribution in [1.29, 1.82) is 0 Å². The zero-order valence-electron chi connectivity index (χ0n) is 29.4. The van der Waals surface area contributed by atoms with Crippen LogP contribution in [0.4, 0.5) is 21.0 Å². The van der Waals surface area contributed by atoms with Crippen molar-refractivity contribution in [2.24, 2.45) is 5.92 Å². The van der Waals surface area contributed by atoms with Crippen LogP contribution in [-0.2, 0) is 19.2 Å². The quantitative estimate of drug-likeness (QED) is 0.132. The van der Waals surface area contributed by atoms with Gasteiger partial charge in [-0.2, -0.15) is 0 Å². The molecular weight excluding hydrogens is 668 g/mol. The summed E-state index contributed by atoms with van der Waals surface area (Å²) < 4.78 is 0. The van der Waals surface area contributed by atoms with E-state index < -0.39 is 66.5 Å². The number of rotatable bonds is 14. The standard InChI is InChI=1S/C37H46N8O7/c1-4-14-28(32(47)34(49)38-21-30(46)43-31(35(50)44(2)3)24-15-8-5-9-16-24)41-33(48)27-22-45(37(52)40-26-19-12-7-13-20-26)23-29(27)42-36(51)39-25-17-10-6-11-18-25/h5-13,15-20,27-29,31-32,47H,4,14,21-23H2,1-3H3,(H,38,49)(H,40,52)(H,41,48)(H,43,46)(H2,39,42,51)/t27-,28+,29+,31?,32?/m1/s1. The third-order valence-electron chi connectivity index (χ3n) is 8.44.